The third-order valence-corrected chi connectivity index (χ3v) is 3.65. The number of anilines is 1. The zero-order valence-corrected chi connectivity index (χ0v) is 12.1. The molecular formula is C16H16N4O2. The molecule has 0 saturated carbocycles. The van der Waals surface area contributed by atoms with Crippen LogP contribution in [0.1, 0.15) is 11.7 Å². The zero-order chi connectivity index (χ0) is 15.5. The van der Waals surface area contributed by atoms with Crippen molar-refractivity contribution < 1.29 is 9.59 Å². The van der Waals surface area contributed by atoms with E-state index in [0.717, 1.165) is 5.56 Å². The summed E-state index contributed by atoms with van der Waals surface area (Å²) < 4.78 is 0. The van der Waals surface area contributed by atoms with E-state index in [2.05, 4.69) is 10.3 Å². The number of nitrogens with zero attached hydrogens (tertiary/aromatic N) is 3. The molecule has 3 rings (SSSR count). The topological polar surface area (TPSA) is 65.5 Å². The molecule has 6 heteroatoms. The second-order valence-electron chi connectivity index (χ2n) is 5.08. The molecule has 1 unspecified atom stereocenters. The van der Waals surface area contributed by atoms with Crippen LogP contribution in [-0.4, -0.2) is 40.3 Å². The second kappa shape index (κ2) is 5.85. The lowest BCUT2D eigenvalue weighted by Crippen LogP contribution is -2.37. The van der Waals surface area contributed by atoms with Crippen molar-refractivity contribution in [3.05, 3.63) is 60.4 Å². The number of urea groups is 1. The lowest BCUT2D eigenvalue weighted by molar-refractivity contribution is -0.126. The van der Waals surface area contributed by atoms with Crippen molar-refractivity contribution in [1.29, 1.82) is 0 Å². The van der Waals surface area contributed by atoms with Crippen LogP contribution in [0.25, 0.3) is 0 Å². The van der Waals surface area contributed by atoms with E-state index in [1.54, 1.807) is 36.5 Å². The first-order valence-electron chi connectivity index (χ1n) is 6.95. The number of carbonyl (C=O) groups excluding carboxylic acids is 2. The molecule has 0 radical (unpaired) electrons. The molecule has 0 bridgehead atoms. The van der Waals surface area contributed by atoms with Crippen molar-refractivity contribution in [2.45, 2.75) is 6.17 Å². The monoisotopic (exact) mass is 296 g/mol. The lowest BCUT2D eigenvalue weighted by atomic mass is 10.1. The Kier molecular flexibility index (Phi) is 3.74. The van der Waals surface area contributed by atoms with Crippen molar-refractivity contribution in [1.82, 2.24) is 14.8 Å². The Morgan fingerprint density at radius 2 is 1.86 bits per heavy atom. The fourth-order valence-corrected chi connectivity index (χ4v) is 2.53. The van der Waals surface area contributed by atoms with Crippen LogP contribution in [-0.2, 0) is 4.79 Å². The smallest absolute Gasteiger partial charge is 0.319 e. The molecule has 0 aliphatic carbocycles. The number of aromatic nitrogens is 1. The Morgan fingerprint density at radius 1 is 1.18 bits per heavy atom. The van der Waals surface area contributed by atoms with Gasteiger partial charge in [-0.3, -0.25) is 14.7 Å². The first kappa shape index (κ1) is 14.1. The summed E-state index contributed by atoms with van der Waals surface area (Å²) in [5.41, 5.74) is 1.55. The minimum Gasteiger partial charge on any atom is -0.319 e. The standard InChI is InChI=1S/C16H16N4O2/c1-19-14(21)11-20(15(19)12-5-3-2-4-6-12)16(22)18-13-7-9-17-10-8-13/h2-10,15H,11H2,1H3,(H,17,18,22). The first-order chi connectivity index (χ1) is 10.7. The van der Waals surface area contributed by atoms with Crippen LogP contribution in [0.5, 0.6) is 0 Å². The average Bonchev–Trinajstić information content (AvgIpc) is 2.85. The van der Waals surface area contributed by atoms with Gasteiger partial charge in [0, 0.05) is 25.1 Å². The molecule has 3 amide bonds. The van der Waals surface area contributed by atoms with Gasteiger partial charge < -0.3 is 10.2 Å². The Labute approximate surface area is 128 Å². The van der Waals surface area contributed by atoms with Gasteiger partial charge in [-0.15, -0.1) is 0 Å². The number of benzene rings is 1. The second-order valence-corrected chi connectivity index (χ2v) is 5.08. The van der Waals surface area contributed by atoms with Crippen LogP contribution in [0.3, 0.4) is 0 Å². The number of amides is 3. The Hall–Kier alpha value is -2.89. The third kappa shape index (κ3) is 2.63. The number of carbonyl (C=O) groups is 2. The molecule has 0 spiro atoms. The van der Waals surface area contributed by atoms with E-state index in [1.807, 2.05) is 30.3 Å². The van der Waals surface area contributed by atoms with E-state index in [1.165, 1.54) is 4.90 Å². The molecule has 22 heavy (non-hydrogen) atoms. The van der Waals surface area contributed by atoms with Gasteiger partial charge in [-0.1, -0.05) is 30.3 Å². The van der Waals surface area contributed by atoms with Crippen LogP contribution in [0, 0.1) is 0 Å². The molecule has 1 aromatic heterocycles. The SMILES string of the molecule is CN1C(=O)CN(C(=O)Nc2ccncc2)C1c1ccccc1. The number of hydrogen-bond donors (Lipinski definition) is 1. The molecule has 112 valence electrons. The molecule has 6 nitrogen and oxygen atoms in total. The van der Waals surface area contributed by atoms with Gasteiger partial charge in [0.1, 0.15) is 12.7 Å². The van der Waals surface area contributed by atoms with E-state index in [9.17, 15) is 9.59 Å². The molecule has 1 saturated heterocycles. The summed E-state index contributed by atoms with van der Waals surface area (Å²) in [6.45, 7) is 0.0625. The summed E-state index contributed by atoms with van der Waals surface area (Å²) in [5, 5.41) is 2.79. The predicted molar refractivity (Wildman–Crippen MR) is 81.9 cm³/mol. The number of likely N-dealkylation sites (N-methyl/N-ethyl adjacent to an activating group) is 1. The van der Waals surface area contributed by atoms with Crippen molar-refractivity contribution in [2.24, 2.45) is 0 Å². The molecule has 1 aliphatic rings. The highest BCUT2D eigenvalue weighted by atomic mass is 16.2. The van der Waals surface area contributed by atoms with E-state index in [-0.39, 0.29) is 18.5 Å². The molecule has 1 N–H and O–H groups in total. The largest absolute Gasteiger partial charge is 0.324 e. The summed E-state index contributed by atoms with van der Waals surface area (Å²) in [4.78, 5) is 31.5. The molecule has 1 aromatic carbocycles. The quantitative estimate of drug-likeness (QED) is 0.922. The van der Waals surface area contributed by atoms with Crippen LogP contribution in [0.2, 0.25) is 0 Å². The van der Waals surface area contributed by atoms with Gasteiger partial charge in [0.05, 0.1) is 0 Å². The van der Waals surface area contributed by atoms with Crippen LogP contribution in [0.4, 0.5) is 10.5 Å². The number of pyridine rings is 1. The first-order valence-corrected chi connectivity index (χ1v) is 6.95. The van der Waals surface area contributed by atoms with E-state index >= 15 is 0 Å². The zero-order valence-electron chi connectivity index (χ0n) is 12.1. The maximum Gasteiger partial charge on any atom is 0.324 e. The van der Waals surface area contributed by atoms with Gasteiger partial charge in [0.15, 0.2) is 0 Å². The van der Waals surface area contributed by atoms with E-state index < -0.39 is 6.17 Å². The highest BCUT2D eigenvalue weighted by Gasteiger charge is 2.39. The van der Waals surface area contributed by atoms with E-state index in [0.29, 0.717) is 5.69 Å². The highest BCUT2D eigenvalue weighted by molar-refractivity contribution is 5.94. The number of nitrogens with one attached hydrogen (secondary N) is 1. The van der Waals surface area contributed by atoms with Gasteiger partial charge in [-0.05, 0) is 17.7 Å². The molecule has 2 aromatic rings. The molecule has 1 aliphatic heterocycles. The normalized spacial score (nSPS) is 17.7. The summed E-state index contributed by atoms with van der Waals surface area (Å²) in [6.07, 6.45) is 2.81. The van der Waals surface area contributed by atoms with Crippen LogP contribution < -0.4 is 5.32 Å². The van der Waals surface area contributed by atoms with Crippen molar-refractivity contribution in [2.75, 3.05) is 18.9 Å². The van der Waals surface area contributed by atoms with Crippen molar-refractivity contribution in [3.63, 3.8) is 0 Å². The molecule has 1 fully saturated rings. The minimum atomic E-state index is -0.393. The molecular weight excluding hydrogens is 280 g/mol. The maximum absolute atomic E-state index is 12.5. The molecule has 2 heterocycles. The van der Waals surface area contributed by atoms with Gasteiger partial charge in [-0.2, -0.15) is 0 Å². The van der Waals surface area contributed by atoms with Gasteiger partial charge >= 0.3 is 6.03 Å². The Morgan fingerprint density at radius 3 is 2.55 bits per heavy atom. The minimum absolute atomic E-state index is 0.0625. The van der Waals surface area contributed by atoms with Crippen LogP contribution >= 0.6 is 0 Å². The molecule has 1 atom stereocenters. The van der Waals surface area contributed by atoms with Gasteiger partial charge in [0.2, 0.25) is 5.91 Å². The summed E-state index contributed by atoms with van der Waals surface area (Å²) in [6, 6.07) is 12.6. The lowest BCUT2D eigenvalue weighted by Gasteiger charge is -2.28. The Bertz CT molecular complexity index is 675. The summed E-state index contributed by atoms with van der Waals surface area (Å²) >= 11 is 0. The van der Waals surface area contributed by atoms with Gasteiger partial charge in [0.25, 0.3) is 0 Å². The average molecular weight is 296 g/mol. The number of hydrogen-bond acceptors (Lipinski definition) is 3. The third-order valence-electron chi connectivity index (χ3n) is 3.65. The van der Waals surface area contributed by atoms with Crippen molar-refractivity contribution >= 4 is 17.6 Å². The summed E-state index contributed by atoms with van der Waals surface area (Å²) in [7, 11) is 1.71. The highest BCUT2D eigenvalue weighted by Crippen LogP contribution is 2.29. The van der Waals surface area contributed by atoms with E-state index in [4.69, 9.17) is 0 Å². The Balaban J connectivity index is 1.84. The number of rotatable bonds is 2. The fraction of sp³-hybridized carbons (Fsp3) is 0.188. The summed E-state index contributed by atoms with van der Waals surface area (Å²) in [5.74, 6) is -0.0845. The predicted octanol–water partition coefficient (Wildman–Crippen LogP) is 2.09. The van der Waals surface area contributed by atoms with Crippen LogP contribution in [0.15, 0.2) is 54.9 Å². The maximum atomic E-state index is 12.5. The fourth-order valence-electron chi connectivity index (χ4n) is 2.53. The van der Waals surface area contributed by atoms with Gasteiger partial charge in [-0.25, -0.2) is 4.79 Å². The van der Waals surface area contributed by atoms with Crippen molar-refractivity contribution in [3.8, 4) is 0 Å².